The number of carbonyl (C=O) groups is 1. The van der Waals surface area contributed by atoms with Gasteiger partial charge in [-0.1, -0.05) is 33.1 Å². The van der Waals surface area contributed by atoms with Crippen LogP contribution in [0, 0.1) is 11.8 Å². The van der Waals surface area contributed by atoms with Crippen LogP contribution in [0.1, 0.15) is 46.0 Å². The SMILES string of the molecule is CC(C)C(N)CC(=O)NCCC1CCC1. The highest BCUT2D eigenvalue weighted by Gasteiger charge is 2.17. The molecule has 0 saturated heterocycles. The van der Waals surface area contributed by atoms with E-state index in [0.717, 1.165) is 18.9 Å². The van der Waals surface area contributed by atoms with Crippen molar-refractivity contribution in [2.45, 2.75) is 52.0 Å². The molecule has 0 aromatic heterocycles. The van der Waals surface area contributed by atoms with Gasteiger partial charge in [-0.2, -0.15) is 0 Å². The van der Waals surface area contributed by atoms with Crippen molar-refractivity contribution in [3.63, 3.8) is 0 Å². The van der Waals surface area contributed by atoms with Crippen LogP contribution in [-0.2, 0) is 4.79 Å². The Morgan fingerprint density at radius 3 is 2.60 bits per heavy atom. The molecule has 1 amide bonds. The Bertz CT molecular complexity index is 200. The minimum Gasteiger partial charge on any atom is -0.356 e. The van der Waals surface area contributed by atoms with Gasteiger partial charge >= 0.3 is 0 Å². The van der Waals surface area contributed by atoms with Crippen LogP contribution in [0.4, 0.5) is 0 Å². The quantitative estimate of drug-likeness (QED) is 0.703. The largest absolute Gasteiger partial charge is 0.356 e. The number of nitrogens with two attached hydrogens (primary N) is 1. The highest BCUT2D eigenvalue weighted by atomic mass is 16.1. The lowest BCUT2D eigenvalue weighted by atomic mass is 9.83. The van der Waals surface area contributed by atoms with Crippen LogP contribution in [0.3, 0.4) is 0 Å². The summed E-state index contributed by atoms with van der Waals surface area (Å²) in [7, 11) is 0. The van der Waals surface area contributed by atoms with Crippen molar-refractivity contribution >= 4 is 5.91 Å². The second-order valence-electron chi connectivity index (χ2n) is 5.05. The second-order valence-corrected chi connectivity index (χ2v) is 5.05. The molecule has 1 atom stereocenters. The van der Waals surface area contributed by atoms with Crippen molar-refractivity contribution in [1.29, 1.82) is 0 Å². The average molecular weight is 212 g/mol. The van der Waals surface area contributed by atoms with E-state index in [0.29, 0.717) is 12.3 Å². The van der Waals surface area contributed by atoms with Gasteiger partial charge in [0.25, 0.3) is 0 Å². The van der Waals surface area contributed by atoms with E-state index in [9.17, 15) is 4.79 Å². The smallest absolute Gasteiger partial charge is 0.221 e. The normalized spacial score (nSPS) is 18.7. The van der Waals surface area contributed by atoms with Crippen molar-refractivity contribution in [3.05, 3.63) is 0 Å². The lowest BCUT2D eigenvalue weighted by Gasteiger charge is -2.25. The highest BCUT2D eigenvalue weighted by Crippen LogP contribution is 2.28. The van der Waals surface area contributed by atoms with Gasteiger partial charge < -0.3 is 11.1 Å². The Hall–Kier alpha value is -0.570. The first-order valence-corrected chi connectivity index (χ1v) is 6.12. The number of hydrogen-bond donors (Lipinski definition) is 2. The fraction of sp³-hybridized carbons (Fsp3) is 0.917. The number of nitrogens with one attached hydrogen (secondary N) is 1. The molecular formula is C12H24N2O. The van der Waals surface area contributed by atoms with E-state index in [1.54, 1.807) is 0 Å². The van der Waals surface area contributed by atoms with Gasteiger partial charge in [0.2, 0.25) is 5.91 Å². The zero-order valence-corrected chi connectivity index (χ0v) is 9.96. The molecule has 0 radical (unpaired) electrons. The fourth-order valence-corrected chi connectivity index (χ4v) is 1.72. The molecule has 0 aromatic rings. The maximum atomic E-state index is 11.5. The maximum absolute atomic E-state index is 11.5. The first kappa shape index (κ1) is 12.5. The molecule has 3 heteroatoms. The van der Waals surface area contributed by atoms with E-state index in [1.807, 2.05) is 13.8 Å². The Balaban J connectivity index is 2.02. The summed E-state index contributed by atoms with van der Waals surface area (Å²) in [6.45, 7) is 4.92. The summed E-state index contributed by atoms with van der Waals surface area (Å²) < 4.78 is 0. The molecule has 3 N–H and O–H groups in total. The topological polar surface area (TPSA) is 55.1 Å². The van der Waals surface area contributed by atoms with Crippen molar-refractivity contribution < 1.29 is 4.79 Å². The molecule has 1 aliphatic carbocycles. The number of amides is 1. The van der Waals surface area contributed by atoms with E-state index in [2.05, 4.69) is 5.32 Å². The van der Waals surface area contributed by atoms with E-state index in [4.69, 9.17) is 5.73 Å². The fourth-order valence-electron chi connectivity index (χ4n) is 1.72. The van der Waals surface area contributed by atoms with Crippen LogP contribution in [-0.4, -0.2) is 18.5 Å². The molecule has 0 aliphatic heterocycles. The molecule has 1 saturated carbocycles. The van der Waals surface area contributed by atoms with Crippen molar-refractivity contribution in [2.75, 3.05) is 6.54 Å². The molecule has 0 bridgehead atoms. The molecule has 88 valence electrons. The Morgan fingerprint density at radius 2 is 2.13 bits per heavy atom. The summed E-state index contributed by atoms with van der Waals surface area (Å²) in [6.07, 6.45) is 5.67. The van der Waals surface area contributed by atoms with Crippen molar-refractivity contribution in [1.82, 2.24) is 5.32 Å². The van der Waals surface area contributed by atoms with Gasteiger partial charge in [-0.3, -0.25) is 4.79 Å². The standard InChI is InChI=1S/C12H24N2O/c1-9(2)11(13)8-12(15)14-7-6-10-4-3-5-10/h9-11H,3-8,13H2,1-2H3,(H,14,15). The van der Waals surface area contributed by atoms with Crippen molar-refractivity contribution in [2.24, 2.45) is 17.6 Å². The minimum absolute atomic E-state index is 0.00583. The summed E-state index contributed by atoms with van der Waals surface area (Å²) in [6, 6.07) is -0.00583. The first-order valence-electron chi connectivity index (χ1n) is 6.12. The lowest BCUT2D eigenvalue weighted by Crippen LogP contribution is -2.35. The van der Waals surface area contributed by atoms with Crippen LogP contribution in [0.2, 0.25) is 0 Å². The van der Waals surface area contributed by atoms with Crippen LogP contribution in [0.25, 0.3) is 0 Å². The summed E-state index contributed by atoms with van der Waals surface area (Å²) in [5, 5.41) is 2.95. The summed E-state index contributed by atoms with van der Waals surface area (Å²) in [5.41, 5.74) is 5.83. The van der Waals surface area contributed by atoms with Gasteiger partial charge in [0.05, 0.1) is 0 Å². The molecule has 0 aromatic carbocycles. The first-order chi connectivity index (χ1) is 7.09. The number of carbonyl (C=O) groups excluding carboxylic acids is 1. The monoisotopic (exact) mass is 212 g/mol. The predicted octanol–water partition coefficient (Wildman–Crippen LogP) is 1.67. The molecular weight excluding hydrogens is 188 g/mol. The molecule has 1 rings (SSSR count). The van der Waals surface area contributed by atoms with Crippen LogP contribution in [0.15, 0.2) is 0 Å². The number of hydrogen-bond acceptors (Lipinski definition) is 2. The van der Waals surface area contributed by atoms with Crippen molar-refractivity contribution in [3.8, 4) is 0 Å². The van der Waals surface area contributed by atoms with Crippen LogP contribution < -0.4 is 11.1 Å². The average Bonchev–Trinajstić information content (AvgIpc) is 2.09. The zero-order chi connectivity index (χ0) is 11.3. The van der Waals surface area contributed by atoms with Gasteiger partial charge in [0.1, 0.15) is 0 Å². The predicted molar refractivity (Wildman–Crippen MR) is 62.4 cm³/mol. The molecule has 1 aliphatic rings. The molecule has 0 spiro atoms. The molecule has 1 unspecified atom stereocenters. The lowest BCUT2D eigenvalue weighted by molar-refractivity contribution is -0.121. The molecule has 15 heavy (non-hydrogen) atoms. The third-order valence-electron chi connectivity index (χ3n) is 3.38. The Labute approximate surface area is 92.8 Å². The number of rotatable bonds is 6. The van der Waals surface area contributed by atoms with Gasteiger partial charge in [-0.05, 0) is 18.3 Å². The zero-order valence-electron chi connectivity index (χ0n) is 9.96. The third-order valence-corrected chi connectivity index (χ3v) is 3.38. The van der Waals surface area contributed by atoms with Gasteiger partial charge in [-0.15, -0.1) is 0 Å². The summed E-state index contributed by atoms with van der Waals surface area (Å²) in [4.78, 5) is 11.5. The second kappa shape index (κ2) is 6.11. The van der Waals surface area contributed by atoms with Crippen LogP contribution >= 0.6 is 0 Å². The maximum Gasteiger partial charge on any atom is 0.221 e. The van der Waals surface area contributed by atoms with E-state index < -0.39 is 0 Å². The molecule has 1 fully saturated rings. The third kappa shape index (κ3) is 4.65. The van der Waals surface area contributed by atoms with E-state index in [1.165, 1.54) is 19.3 Å². The van der Waals surface area contributed by atoms with E-state index >= 15 is 0 Å². The van der Waals surface area contributed by atoms with Gasteiger partial charge in [0.15, 0.2) is 0 Å². The summed E-state index contributed by atoms with van der Waals surface area (Å²) >= 11 is 0. The highest BCUT2D eigenvalue weighted by molar-refractivity contribution is 5.76. The minimum atomic E-state index is -0.00583. The van der Waals surface area contributed by atoms with Gasteiger partial charge in [0, 0.05) is 19.0 Å². The van der Waals surface area contributed by atoms with Gasteiger partial charge in [-0.25, -0.2) is 0 Å². The Kier molecular flexibility index (Phi) is 5.09. The van der Waals surface area contributed by atoms with Crippen LogP contribution in [0.5, 0.6) is 0 Å². The molecule has 3 nitrogen and oxygen atoms in total. The molecule has 0 heterocycles. The Morgan fingerprint density at radius 1 is 1.47 bits per heavy atom. The van der Waals surface area contributed by atoms with E-state index in [-0.39, 0.29) is 11.9 Å². The summed E-state index contributed by atoms with van der Waals surface area (Å²) in [5.74, 6) is 1.35.